The Balaban J connectivity index is 4.41. The zero-order chi connectivity index (χ0) is 16.8. The number of aliphatic hydroxyl groups is 1. The largest absolute Gasteiger partial charge is 0.416 e. The van der Waals surface area contributed by atoms with Crippen LogP contribution >= 0.6 is 22.6 Å². The van der Waals surface area contributed by atoms with E-state index in [0.29, 0.717) is 5.92 Å². The fourth-order valence-corrected chi connectivity index (χ4v) is 3.23. The lowest BCUT2D eigenvalue weighted by atomic mass is 10.0. The van der Waals surface area contributed by atoms with E-state index in [-0.39, 0.29) is 11.0 Å². The molecule has 0 aromatic heterocycles. The second-order valence-corrected chi connectivity index (χ2v) is 14.0. The van der Waals surface area contributed by atoms with Gasteiger partial charge in [0.2, 0.25) is 0 Å². The first-order valence-corrected chi connectivity index (χ1v) is 11.7. The molecule has 0 saturated heterocycles. The molecule has 0 aromatic rings. The topological polar surface area (TPSA) is 29.5 Å². The van der Waals surface area contributed by atoms with E-state index in [1.54, 1.807) is 0 Å². The fourth-order valence-electron chi connectivity index (χ4n) is 1.55. The van der Waals surface area contributed by atoms with E-state index in [4.69, 9.17) is 4.43 Å². The standard InChI is InChI=1S/C17H33IO2Si/c1-13(12-20-21(7,8)17(4,5)6)9-10-16(19)14(2)11-15(3)18/h9-11,13-14,16,19H,12H2,1-8H3/b10-9+,15-11+/t13-,14+,16?/m1/s1. The zero-order valence-corrected chi connectivity index (χ0v) is 18.1. The van der Waals surface area contributed by atoms with Crippen LogP contribution < -0.4 is 0 Å². The van der Waals surface area contributed by atoms with Crippen LogP contribution in [0.1, 0.15) is 41.5 Å². The van der Waals surface area contributed by atoms with E-state index in [9.17, 15) is 5.11 Å². The van der Waals surface area contributed by atoms with Crippen molar-refractivity contribution < 1.29 is 9.53 Å². The third-order valence-corrected chi connectivity index (χ3v) is 9.04. The SMILES string of the molecule is C/C(I)=C\[C@H](C)C(O)/C=C/[C@@H](C)CO[Si](C)(C)C(C)(C)C. The highest BCUT2D eigenvalue weighted by Gasteiger charge is 2.37. The quantitative estimate of drug-likeness (QED) is 0.331. The van der Waals surface area contributed by atoms with Gasteiger partial charge in [-0.15, -0.1) is 0 Å². The Hall–Kier alpha value is 0.347. The van der Waals surface area contributed by atoms with Gasteiger partial charge in [-0.05, 0) is 57.1 Å². The summed E-state index contributed by atoms with van der Waals surface area (Å²) in [5.74, 6) is 0.470. The summed E-state index contributed by atoms with van der Waals surface area (Å²) in [5.41, 5.74) is 0. The van der Waals surface area contributed by atoms with Crippen molar-refractivity contribution in [2.75, 3.05) is 6.61 Å². The molecule has 2 nitrogen and oxygen atoms in total. The third kappa shape index (κ3) is 8.52. The molecule has 0 aliphatic carbocycles. The lowest BCUT2D eigenvalue weighted by Gasteiger charge is -2.36. The van der Waals surface area contributed by atoms with Crippen molar-refractivity contribution in [2.45, 2.75) is 65.8 Å². The van der Waals surface area contributed by atoms with Crippen LogP contribution in [0.2, 0.25) is 18.1 Å². The summed E-state index contributed by atoms with van der Waals surface area (Å²) < 4.78 is 7.42. The van der Waals surface area contributed by atoms with Crippen LogP contribution in [0.4, 0.5) is 0 Å². The molecular formula is C17H33IO2Si. The molecule has 3 atom stereocenters. The maximum atomic E-state index is 10.1. The normalized spacial score (nSPS) is 18.9. The Morgan fingerprint density at radius 1 is 1.24 bits per heavy atom. The maximum Gasteiger partial charge on any atom is 0.192 e. The Morgan fingerprint density at radius 2 is 1.76 bits per heavy atom. The van der Waals surface area contributed by atoms with Crippen molar-refractivity contribution in [1.29, 1.82) is 0 Å². The lowest BCUT2D eigenvalue weighted by molar-refractivity contribution is 0.183. The summed E-state index contributed by atoms with van der Waals surface area (Å²) in [5, 5.41) is 10.3. The first-order chi connectivity index (χ1) is 9.36. The molecule has 0 aliphatic rings. The van der Waals surface area contributed by atoms with Gasteiger partial charge in [0.1, 0.15) is 0 Å². The van der Waals surface area contributed by atoms with Crippen LogP contribution in [-0.2, 0) is 4.43 Å². The van der Waals surface area contributed by atoms with E-state index >= 15 is 0 Å². The molecule has 0 spiro atoms. The van der Waals surface area contributed by atoms with Crippen LogP contribution in [0.3, 0.4) is 0 Å². The molecular weight excluding hydrogens is 391 g/mol. The van der Waals surface area contributed by atoms with Crippen molar-refractivity contribution >= 4 is 30.9 Å². The van der Waals surface area contributed by atoms with Gasteiger partial charge >= 0.3 is 0 Å². The average molecular weight is 424 g/mol. The first-order valence-electron chi connectivity index (χ1n) is 7.71. The average Bonchev–Trinajstić information content (AvgIpc) is 2.31. The number of aliphatic hydroxyl groups excluding tert-OH is 1. The van der Waals surface area contributed by atoms with E-state index in [1.807, 2.05) is 19.9 Å². The Labute approximate surface area is 146 Å². The Morgan fingerprint density at radius 3 is 2.19 bits per heavy atom. The van der Waals surface area contributed by atoms with Crippen LogP contribution in [0.25, 0.3) is 0 Å². The second kappa shape index (κ2) is 8.84. The van der Waals surface area contributed by atoms with Gasteiger partial charge in [0.25, 0.3) is 0 Å². The minimum Gasteiger partial charge on any atom is -0.416 e. The highest BCUT2D eigenvalue weighted by molar-refractivity contribution is 14.1. The molecule has 0 radical (unpaired) electrons. The summed E-state index contributed by atoms with van der Waals surface area (Å²) in [6, 6.07) is 0. The van der Waals surface area contributed by atoms with Gasteiger partial charge in [-0.1, -0.05) is 52.8 Å². The monoisotopic (exact) mass is 424 g/mol. The van der Waals surface area contributed by atoms with E-state index < -0.39 is 14.4 Å². The summed E-state index contributed by atoms with van der Waals surface area (Å²) in [6.07, 6.45) is 5.64. The smallest absolute Gasteiger partial charge is 0.192 e. The lowest BCUT2D eigenvalue weighted by Crippen LogP contribution is -2.41. The molecule has 1 unspecified atom stereocenters. The number of rotatable bonds is 7. The molecule has 0 bridgehead atoms. The molecule has 124 valence electrons. The molecule has 0 aromatic carbocycles. The predicted octanol–water partition coefficient (Wildman–Crippen LogP) is 5.54. The molecule has 0 rings (SSSR count). The van der Waals surface area contributed by atoms with Gasteiger partial charge < -0.3 is 9.53 Å². The van der Waals surface area contributed by atoms with Gasteiger partial charge in [-0.3, -0.25) is 0 Å². The zero-order valence-electron chi connectivity index (χ0n) is 14.9. The Kier molecular flexibility index (Phi) is 8.99. The summed E-state index contributed by atoms with van der Waals surface area (Å²) in [7, 11) is -1.67. The minimum absolute atomic E-state index is 0.145. The summed E-state index contributed by atoms with van der Waals surface area (Å²) >= 11 is 2.27. The van der Waals surface area contributed by atoms with Crippen molar-refractivity contribution in [1.82, 2.24) is 0 Å². The second-order valence-electron chi connectivity index (χ2n) is 7.54. The number of halogens is 1. The van der Waals surface area contributed by atoms with Crippen LogP contribution in [0.15, 0.2) is 21.8 Å². The first kappa shape index (κ1) is 21.3. The van der Waals surface area contributed by atoms with Crippen molar-refractivity contribution in [2.24, 2.45) is 11.8 Å². The molecule has 0 saturated carbocycles. The van der Waals surface area contributed by atoms with Crippen molar-refractivity contribution in [3.05, 3.63) is 21.8 Å². The summed E-state index contributed by atoms with van der Waals surface area (Å²) in [4.78, 5) is 0. The molecule has 1 N–H and O–H groups in total. The highest BCUT2D eigenvalue weighted by atomic mass is 127. The third-order valence-electron chi connectivity index (χ3n) is 4.18. The molecule has 4 heteroatoms. The maximum absolute atomic E-state index is 10.1. The fraction of sp³-hybridized carbons (Fsp3) is 0.765. The van der Waals surface area contributed by atoms with Crippen LogP contribution in [-0.4, -0.2) is 26.1 Å². The number of hydrogen-bond acceptors (Lipinski definition) is 2. The van der Waals surface area contributed by atoms with E-state index in [1.165, 1.54) is 3.58 Å². The van der Waals surface area contributed by atoms with Gasteiger partial charge in [0, 0.05) is 12.5 Å². The highest BCUT2D eigenvalue weighted by Crippen LogP contribution is 2.36. The van der Waals surface area contributed by atoms with Gasteiger partial charge in [-0.2, -0.15) is 0 Å². The van der Waals surface area contributed by atoms with E-state index in [0.717, 1.165) is 6.61 Å². The van der Waals surface area contributed by atoms with E-state index in [2.05, 4.69) is 75.5 Å². The Bertz CT molecular complexity index is 365. The number of hydrogen-bond donors (Lipinski definition) is 1. The van der Waals surface area contributed by atoms with Gasteiger partial charge in [0.05, 0.1) is 6.10 Å². The molecule has 21 heavy (non-hydrogen) atoms. The van der Waals surface area contributed by atoms with Crippen molar-refractivity contribution in [3.8, 4) is 0 Å². The van der Waals surface area contributed by atoms with Crippen LogP contribution in [0.5, 0.6) is 0 Å². The van der Waals surface area contributed by atoms with Crippen molar-refractivity contribution in [3.63, 3.8) is 0 Å². The predicted molar refractivity (Wildman–Crippen MR) is 104 cm³/mol. The summed E-state index contributed by atoms with van der Waals surface area (Å²) in [6.45, 7) is 18.3. The minimum atomic E-state index is -1.67. The van der Waals surface area contributed by atoms with Crippen LogP contribution in [0, 0.1) is 11.8 Å². The van der Waals surface area contributed by atoms with Gasteiger partial charge in [-0.25, -0.2) is 0 Å². The number of allylic oxidation sites excluding steroid dienone is 1. The van der Waals surface area contributed by atoms with Gasteiger partial charge in [0.15, 0.2) is 8.32 Å². The molecule has 0 amide bonds. The molecule has 0 heterocycles. The molecule has 0 fully saturated rings. The molecule has 0 aliphatic heterocycles.